The van der Waals surface area contributed by atoms with Gasteiger partial charge in [-0.2, -0.15) is 5.26 Å². The van der Waals surface area contributed by atoms with E-state index in [2.05, 4.69) is 11.1 Å². The van der Waals surface area contributed by atoms with Crippen molar-refractivity contribution >= 4 is 17.5 Å². The second-order valence-electron chi connectivity index (χ2n) is 8.23. The zero-order valence-electron chi connectivity index (χ0n) is 18.7. The van der Waals surface area contributed by atoms with Crippen LogP contribution in [0.5, 0.6) is 5.75 Å². The van der Waals surface area contributed by atoms with Crippen molar-refractivity contribution in [3.05, 3.63) is 77.5 Å². The quantitative estimate of drug-likeness (QED) is 0.470. The molecule has 0 atom stereocenters. The van der Waals surface area contributed by atoms with Gasteiger partial charge in [0.25, 0.3) is 0 Å². The van der Waals surface area contributed by atoms with Crippen LogP contribution in [0.2, 0.25) is 0 Å². The number of carbonyl (C=O) groups excluding carboxylic acids is 2. The lowest BCUT2D eigenvalue weighted by molar-refractivity contribution is -0.119. The summed E-state index contributed by atoms with van der Waals surface area (Å²) < 4.78 is 5.25. The fraction of sp³-hybridized carbons (Fsp3) is 0.259. The van der Waals surface area contributed by atoms with Crippen LogP contribution < -0.4 is 9.64 Å². The Balaban J connectivity index is 1.61. The molecule has 6 nitrogen and oxygen atoms in total. The average molecular weight is 440 g/mol. The molecule has 0 radical (unpaired) electrons. The van der Waals surface area contributed by atoms with Gasteiger partial charge in [0, 0.05) is 19.4 Å². The van der Waals surface area contributed by atoms with Crippen LogP contribution in [0, 0.1) is 17.2 Å². The summed E-state index contributed by atoms with van der Waals surface area (Å²) in [7, 11) is 3.33. The summed E-state index contributed by atoms with van der Waals surface area (Å²) in [5.74, 6) is 1.21. The highest BCUT2D eigenvalue weighted by molar-refractivity contribution is 5.99. The van der Waals surface area contributed by atoms with E-state index in [0.717, 1.165) is 35.3 Å². The summed E-state index contributed by atoms with van der Waals surface area (Å²) in [6.07, 6.45) is 2.63. The zero-order chi connectivity index (χ0) is 23.4. The highest BCUT2D eigenvalue weighted by atomic mass is 16.5. The first kappa shape index (κ1) is 22.2. The molecule has 1 aliphatic rings. The number of carbonyl (C=O) groups is 2. The predicted molar refractivity (Wildman–Crippen MR) is 126 cm³/mol. The van der Waals surface area contributed by atoms with Gasteiger partial charge in [0.1, 0.15) is 17.3 Å². The summed E-state index contributed by atoms with van der Waals surface area (Å²) in [5, 5.41) is 8.95. The predicted octanol–water partition coefficient (Wildman–Crippen LogP) is 4.82. The largest absolute Gasteiger partial charge is 0.497 e. The lowest BCUT2D eigenvalue weighted by atomic mass is 10.0. The Morgan fingerprint density at radius 3 is 2.36 bits per heavy atom. The molecule has 0 saturated heterocycles. The number of methoxy groups -OCH3 is 1. The number of Topliss-reactive ketones (excluding diaryl/α,β-unsaturated/α-hetero) is 1. The van der Waals surface area contributed by atoms with Crippen molar-refractivity contribution in [1.29, 1.82) is 5.26 Å². The Morgan fingerprint density at radius 1 is 1.06 bits per heavy atom. The van der Waals surface area contributed by atoms with Gasteiger partial charge in [-0.1, -0.05) is 24.3 Å². The molecule has 1 heterocycles. The SMILES string of the molecule is COc1ccc(-c2cc(C(=O)CCc3ccc(C#N)cc3)nc(N(C)C(=O)C3CC3)c2)cc1. The minimum absolute atomic E-state index is 0.0327. The second kappa shape index (κ2) is 9.66. The van der Waals surface area contributed by atoms with Gasteiger partial charge in [-0.3, -0.25) is 14.5 Å². The number of amides is 1. The van der Waals surface area contributed by atoms with E-state index in [9.17, 15) is 9.59 Å². The highest BCUT2D eigenvalue weighted by Crippen LogP contribution is 2.33. The third kappa shape index (κ3) is 5.27. The van der Waals surface area contributed by atoms with E-state index in [1.165, 1.54) is 0 Å². The molecule has 0 spiro atoms. The number of rotatable bonds is 8. The maximum Gasteiger partial charge on any atom is 0.230 e. The van der Waals surface area contributed by atoms with Gasteiger partial charge in [-0.25, -0.2) is 4.98 Å². The van der Waals surface area contributed by atoms with E-state index in [0.29, 0.717) is 23.5 Å². The number of anilines is 1. The molecule has 4 rings (SSSR count). The monoisotopic (exact) mass is 439 g/mol. The summed E-state index contributed by atoms with van der Waals surface area (Å²) in [6, 6.07) is 20.5. The molecule has 0 N–H and O–H groups in total. The molecule has 6 heteroatoms. The maximum absolute atomic E-state index is 13.1. The van der Waals surface area contributed by atoms with Crippen molar-refractivity contribution in [3.8, 4) is 22.9 Å². The van der Waals surface area contributed by atoms with E-state index >= 15 is 0 Å². The van der Waals surface area contributed by atoms with Crippen LogP contribution in [-0.4, -0.2) is 30.8 Å². The van der Waals surface area contributed by atoms with E-state index in [1.807, 2.05) is 42.5 Å². The van der Waals surface area contributed by atoms with E-state index < -0.39 is 0 Å². The molecule has 3 aromatic rings. The standard InChI is InChI=1S/C27H25N3O3/c1-30(27(32)21-8-9-21)26-16-22(20-10-12-23(33-2)13-11-20)15-24(29-26)25(31)14-7-18-3-5-19(17-28)6-4-18/h3-6,10-13,15-16,21H,7-9,14H2,1-2H3. The van der Waals surface area contributed by atoms with E-state index in [1.54, 1.807) is 37.3 Å². The Labute approximate surface area is 193 Å². The summed E-state index contributed by atoms with van der Waals surface area (Å²) in [5.41, 5.74) is 3.64. The lowest BCUT2D eigenvalue weighted by Gasteiger charge is -2.18. The first-order valence-corrected chi connectivity index (χ1v) is 10.9. The van der Waals surface area contributed by atoms with Crippen LogP contribution in [0.3, 0.4) is 0 Å². The van der Waals surface area contributed by atoms with Crippen LogP contribution >= 0.6 is 0 Å². The van der Waals surface area contributed by atoms with E-state index in [4.69, 9.17) is 10.00 Å². The van der Waals surface area contributed by atoms with Crippen molar-refractivity contribution in [2.45, 2.75) is 25.7 Å². The van der Waals surface area contributed by atoms with Crippen molar-refractivity contribution in [1.82, 2.24) is 4.98 Å². The number of pyridine rings is 1. The number of aromatic nitrogens is 1. The van der Waals surface area contributed by atoms with E-state index in [-0.39, 0.29) is 24.0 Å². The van der Waals surface area contributed by atoms with Gasteiger partial charge < -0.3 is 4.74 Å². The molecule has 33 heavy (non-hydrogen) atoms. The molecular weight excluding hydrogens is 414 g/mol. The van der Waals surface area contributed by atoms with Gasteiger partial charge in [-0.15, -0.1) is 0 Å². The normalized spacial score (nSPS) is 12.6. The van der Waals surface area contributed by atoms with Gasteiger partial charge in [0.05, 0.1) is 18.7 Å². The Morgan fingerprint density at radius 2 is 1.76 bits per heavy atom. The zero-order valence-corrected chi connectivity index (χ0v) is 18.7. The van der Waals surface area contributed by atoms with Crippen LogP contribution in [0.15, 0.2) is 60.7 Å². The van der Waals surface area contributed by atoms with Gasteiger partial charge in [0.15, 0.2) is 5.78 Å². The van der Waals surface area contributed by atoms with Crippen molar-refractivity contribution in [3.63, 3.8) is 0 Å². The van der Waals surface area contributed by atoms with Crippen molar-refractivity contribution in [2.24, 2.45) is 5.92 Å². The van der Waals surface area contributed by atoms with Crippen LogP contribution in [0.1, 0.15) is 40.9 Å². The number of hydrogen-bond donors (Lipinski definition) is 0. The molecule has 2 aromatic carbocycles. The first-order valence-electron chi connectivity index (χ1n) is 10.9. The van der Waals surface area contributed by atoms with Gasteiger partial charge in [0.2, 0.25) is 5.91 Å². The summed E-state index contributed by atoms with van der Waals surface area (Å²) in [6.45, 7) is 0. The van der Waals surface area contributed by atoms with Crippen molar-refractivity contribution in [2.75, 3.05) is 19.1 Å². The fourth-order valence-electron chi connectivity index (χ4n) is 3.63. The van der Waals surface area contributed by atoms with Crippen LogP contribution in [-0.2, 0) is 11.2 Å². The smallest absolute Gasteiger partial charge is 0.230 e. The first-order chi connectivity index (χ1) is 16.0. The van der Waals surface area contributed by atoms with Crippen molar-refractivity contribution < 1.29 is 14.3 Å². The molecule has 1 amide bonds. The molecule has 1 saturated carbocycles. The third-order valence-electron chi connectivity index (χ3n) is 5.85. The van der Waals surface area contributed by atoms with Gasteiger partial charge in [-0.05, 0) is 72.4 Å². The topological polar surface area (TPSA) is 83.3 Å². The number of nitriles is 1. The number of benzene rings is 2. The average Bonchev–Trinajstić information content (AvgIpc) is 3.72. The summed E-state index contributed by atoms with van der Waals surface area (Å²) in [4.78, 5) is 31.8. The number of ether oxygens (including phenoxy) is 1. The Kier molecular flexibility index (Phi) is 6.50. The highest BCUT2D eigenvalue weighted by Gasteiger charge is 2.33. The lowest BCUT2D eigenvalue weighted by Crippen LogP contribution is -2.29. The Hall–Kier alpha value is -3.98. The third-order valence-corrected chi connectivity index (χ3v) is 5.85. The molecular formula is C27H25N3O3. The molecule has 0 bridgehead atoms. The molecule has 1 fully saturated rings. The fourth-order valence-corrected chi connectivity index (χ4v) is 3.63. The van der Waals surface area contributed by atoms with Gasteiger partial charge >= 0.3 is 0 Å². The van der Waals surface area contributed by atoms with Crippen LogP contribution in [0.4, 0.5) is 5.82 Å². The Bertz CT molecular complexity index is 1210. The summed E-state index contributed by atoms with van der Waals surface area (Å²) >= 11 is 0. The van der Waals surface area contributed by atoms with Crippen LogP contribution in [0.25, 0.3) is 11.1 Å². The molecule has 0 aliphatic heterocycles. The molecule has 166 valence electrons. The minimum atomic E-state index is -0.0942. The molecule has 1 aliphatic carbocycles. The molecule has 1 aromatic heterocycles. The minimum Gasteiger partial charge on any atom is -0.497 e. The maximum atomic E-state index is 13.1. The number of nitrogens with zero attached hydrogens (tertiary/aromatic N) is 3. The second-order valence-corrected chi connectivity index (χ2v) is 8.23. The number of hydrogen-bond acceptors (Lipinski definition) is 5. The number of ketones is 1. The molecule has 0 unspecified atom stereocenters. The number of aryl methyl sites for hydroxylation is 1.